The molecule has 0 aliphatic carbocycles. The van der Waals surface area contributed by atoms with E-state index in [-0.39, 0.29) is 12.3 Å². The van der Waals surface area contributed by atoms with Crippen LogP contribution < -0.4 is 14.4 Å². The average Bonchev–Trinajstić information content (AvgIpc) is 3.58. The first-order valence-corrected chi connectivity index (χ1v) is 11.0. The SMILES string of the molecule is O=C(CCc1nc(-c2ccco2)no1)N(C/C=C/c1ccccc1)c1ccc2c(c1)OCCO2. The van der Waals surface area contributed by atoms with Gasteiger partial charge in [-0.2, -0.15) is 4.98 Å². The van der Waals surface area contributed by atoms with Crippen LogP contribution in [0.1, 0.15) is 17.9 Å². The van der Waals surface area contributed by atoms with Crippen molar-refractivity contribution in [3.05, 3.63) is 84.5 Å². The Morgan fingerprint density at radius 3 is 2.68 bits per heavy atom. The van der Waals surface area contributed by atoms with Gasteiger partial charge in [0.25, 0.3) is 0 Å². The Morgan fingerprint density at radius 2 is 1.85 bits per heavy atom. The quantitative estimate of drug-likeness (QED) is 0.376. The highest BCUT2D eigenvalue weighted by molar-refractivity contribution is 5.94. The number of furan rings is 1. The van der Waals surface area contributed by atoms with Crippen LogP contribution in [-0.4, -0.2) is 35.8 Å². The first-order chi connectivity index (χ1) is 16.8. The molecule has 0 unspecified atom stereocenters. The van der Waals surface area contributed by atoms with Crippen LogP contribution in [0.2, 0.25) is 0 Å². The normalized spacial score (nSPS) is 12.7. The molecule has 0 atom stereocenters. The standard InChI is InChI=1S/C26H23N3O5/c30-25(13-12-24-27-26(28-34-24)22-9-5-15-31-22)29(14-4-8-19-6-2-1-3-7-19)20-10-11-21-23(18-20)33-17-16-32-21/h1-11,15,18H,12-14,16-17H2/b8-4+. The van der Waals surface area contributed by atoms with Crippen LogP contribution in [0, 0.1) is 0 Å². The van der Waals surface area contributed by atoms with Gasteiger partial charge >= 0.3 is 0 Å². The van der Waals surface area contributed by atoms with E-state index in [1.54, 1.807) is 23.3 Å². The van der Waals surface area contributed by atoms with Gasteiger partial charge < -0.3 is 23.3 Å². The molecule has 1 aliphatic heterocycles. The maximum atomic E-state index is 13.3. The van der Waals surface area contributed by atoms with E-state index in [0.717, 1.165) is 11.3 Å². The van der Waals surface area contributed by atoms with Crippen molar-refractivity contribution in [3.63, 3.8) is 0 Å². The number of rotatable bonds is 8. The van der Waals surface area contributed by atoms with Crippen molar-refractivity contribution in [2.24, 2.45) is 0 Å². The van der Waals surface area contributed by atoms with Gasteiger partial charge in [0.2, 0.25) is 17.6 Å². The fourth-order valence-corrected chi connectivity index (χ4v) is 3.62. The van der Waals surface area contributed by atoms with Crippen molar-refractivity contribution in [1.82, 2.24) is 10.1 Å². The molecule has 4 aromatic rings. The van der Waals surface area contributed by atoms with Gasteiger partial charge in [0, 0.05) is 31.1 Å². The number of fused-ring (bicyclic) bond motifs is 1. The fourth-order valence-electron chi connectivity index (χ4n) is 3.62. The Kier molecular flexibility index (Phi) is 6.38. The minimum absolute atomic E-state index is 0.0767. The Balaban J connectivity index is 1.31. The average molecular weight is 457 g/mol. The van der Waals surface area contributed by atoms with E-state index in [1.807, 2.05) is 60.7 Å². The number of carbonyl (C=O) groups excluding carboxylic acids is 1. The van der Waals surface area contributed by atoms with Gasteiger partial charge in [0.15, 0.2) is 17.3 Å². The molecule has 0 saturated carbocycles. The summed E-state index contributed by atoms with van der Waals surface area (Å²) < 4.78 is 21.9. The first-order valence-electron chi connectivity index (χ1n) is 11.0. The van der Waals surface area contributed by atoms with Crippen molar-refractivity contribution >= 4 is 17.7 Å². The summed E-state index contributed by atoms with van der Waals surface area (Å²) in [7, 11) is 0. The molecular weight excluding hydrogens is 434 g/mol. The lowest BCUT2D eigenvalue weighted by Gasteiger charge is -2.24. The fraction of sp³-hybridized carbons (Fsp3) is 0.192. The van der Waals surface area contributed by atoms with E-state index in [4.69, 9.17) is 18.4 Å². The van der Waals surface area contributed by atoms with Gasteiger partial charge in [-0.25, -0.2) is 0 Å². The van der Waals surface area contributed by atoms with Gasteiger partial charge in [0.1, 0.15) is 13.2 Å². The summed E-state index contributed by atoms with van der Waals surface area (Å²) in [6, 6.07) is 19.0. The molecule has 8 heteroatoms. The van der Waals surface area contributed by atoms with Crippen LogP contribution in [0.4, 0.5) is 5.69 Å². The third-order valence-electron chi connectivity index (χ3n) is 5.30. The molecule has 0 bridgehead atoms. The Hall–Kier alpha value is -4.33. The zero-order valence-corrected chi connectivity index (χ0v) is 18.4. The van der Waals surface area contributed by atoms with E-state index in [0.29, 0.717) is 55.2 Å². The van der Waals surface area contributed by atoms with E-state index in [2.05, 4.69) is 10.1 Å². The first kappa shape index (κ1) is 21.5. The lowest BCUT2D eigenvalue weighted by Crippen LogP contribution is -2.31. The molecule has 34 heavy (non-hydrogen) atoms. The number of aryl methyl sites for hydroxylation is 1. The highest BCUT2D eigenvalue weighted by Gasteiger charge is 2.20. The van der Waals surface area contributed by atoms with Crippen molar-refractivity contribution < 1.29 is 23.2 Å². The number of amides is 1. The molecule has 1 aliphatic rings. The highest BCUT2D eigenvalue weighted by atomic mass is 16.6. The maximum Gasteiger partial charge on any atom is 0.238 e. The number of hydrogen-bond acceptors (Lipinski definition) is 7. The molecule has 172 valence electrons. The van der Waals surface area contributed by atoms with E-state index >= 15 is 0 Å². The second-order valence-corrected chi connectivity index (χ2v) is 7.63. The molecule has 8 nitrogen and oxygen atoms in total. The Morgan fingerprint density at radius 1 is 1.00 bits per heavy atom. The number of carbonyl (C=O) groups is 1. The topological polar surface area (TPSA) is 90.8 Å². The van der Waals surface area contributed by atoms with Crippen LogP contribution >= 0.6 is 0 Å². The molecule has 0 N–H and O–H groups in total. The number of ether oxygens (including phenoxy) is 2. The van der Waals surface area contributed by atoms with Crippen molar-refractivity contribution in [3.8, 4) is 23.1 Å². The monoisotopic (exact) mass is 457 g/mol. The summed E-state index contributed by atoms with van der Waals surface area (Å²) in [5, 5.41) is 3.92. The van der Waals surface area contributed by atoms with Crippen molar-refractivity contribution in [2.75, 3.05) is 24.7 Å². The summed E-state index contributed by atoms with van der Waals surface area (Å²) in [6.07, 6.45) is 6.02. The van der Waals surface area contributed by atoms with E-state index in [1.165, 1.54) is 0 Å². The second kappa shape index (κ2) is 10.1. The van der Waals surface area contributed by atoms with E-state index < -0.39 is 0 Å². The number of benzene rings is 2. The highest BCUT2D eigenvalue weighted by Crippen LogP contribution is 2.34. The molecule has 3 heterocycles. The number of anilines is 1. The molecule has 0 radical (unpaired) electrons. The van der Waals surface area contributed by atoms with Gasteiger partial charge in [-0.05, 0) is 29.8 Å². The summed E-state index contributed by atoms with van der Waals surface area (Å²) in [5.41, 5.74) is 1.79. The number of hydrogen-bond donors (Lipinski definition) is 0. The van der Waals surface area contributed by atoms with Crippen LogP contribution in [0.5, 0.6) is 11.5 Å². The summed E-state index contributed by atoms with van der Waals surface area (Å²) in [5.74, 6) is 2.49. The van der Waals surface area contributed by atoms with Gasteiger partial charge in [-0.3, -0.25) is 4.79 Å². The molecule has 2 aromatic heterocycles. The summed E-state index contributed by atoms with van der Waals surface area (Å²) in [6.45, 7) is 1.39. The third kappa shape index (κ3) is 5.01. The Bertz CT molecular complexity index is 1260. The molecule has 1 amide bonds. The van der Waals surface area contributed by atoms with Gasteiger partial charge in [-0.15, -0.1) is 0 Å². The van der Waals surface area contributed by atoms with Crippen LogP contribution in [-0.2, 0) is 11.2 Å². The second-order valence-electron chi connectivity index (χ2n) is 7.63. The smallest absolute Gasteiger partial charge is 0.238 e. The largest absolute Gasteiger partial charge is 0.486 e. The lowest BCUT2D eigenvalue weighted by atomic mass is 10.2. The molecule has 0 fully saturated rings. The number of nitrogens with zero attached hydrogens (tertiary/aromatic N) is 3. The molecular formula is C26H23N3O5. The lowest BCUT2D eigenvalue weighted by molar-refractivity contribution is -0.118. The predicted octanol–water partition coefficient (Wildman–Crippen LogP) is 4.78. The van der Waals surface area contributed by atoms with Gasteiger partial charge in [0.05, 0.1) is 6.26 Å². The Labute approximate surface area is 196 Å². The van der Waals surface area contributed by atoms with E-state index in [9.17, 15) is 4.79 Å². The minimum Gasteiger partial charge on any atom is -0.486 e. The maximum absolute atomic E-state index is 13.3. The summed E-state index contributed by atoms with van der Waals surface area (Å²) >= 11 is 0. The minimum atomic E-state index is -0.0767. The third-order valence-corrected chi connectivity index (χ3v) is 5.30. The number of aromatic nitrogens is 2. The summed E-state index contributed by atoms with van der Waals surface area (Å²) in [4.78, 5) is 19.3. The zero-order valence-electron chi connectivity index (χ0n) is 18.4. The predicted molar refractivity (Wildman–Crippen MR) is 126 cm³/mol. The van der Waals surface area contributed by atoms with Gasteiger partial charge in [-0.1, -0.05) is 47.6 Å². The molecule has 5 rings (SSSR count). The van der Waals surface area contributed by atoms with Crippen LogP contribution in [0.3, 0.4) is 0 Å². The molecule has 2 aromatic carbocycles. The van der Waals surface area contributed by atoms with Crippen molar-refractivity contribution in [2.45, 2.75) is 12.8 Å². The molecule has 0 spiro atoms. The van der Waals surface area contributed by atoms with Crippen molar-refractivity contribution in [1.29, 1.82) is 0 Å². The zero-order chi connectivity index (χ0) is 23.2. The van der Waals surface area contributed by atoms with Crippen LogP contribution in [0.15, 0.2) is 81.9 Å². The molecule has 0 saturated heterocycles. The van der Waals surface area contributed by atoms with Crippen LogP contribution in [0.25, 0.3) is 17.7 Å².